The fraction of sp³-hybridized carbons (Fsp3) is 0.759. The van der Waals surface area contributed by atoms with Crippen molar-refractivity contribution >= 4 is 5.78 Å². The Hall–Kier alpha value is -2.37. The summed E-state index contributed by atoms with van der Waals surface area (Å²) in [5, 5.41) is 0. The van der Waals surface area contributed by atoms with Crippen LogP contribution in [0.15, 0.2) is 60.7 Å². The summed E-state index contributed by atoms with van der Waals surface area (Å²) in [7, 11) is 0. The van der Waals surface area contributed by atoms with Crippen LogP contribution in [0.4, 0.5) is 0 Å². The quantitative estimate of drug-likeness (QED) is 0.0355. The summed E-state index contributed by atoms with van der Waals surface area (Å²) in [6.45, 7) is 14.6. The van der Waals surface area contributed by atoms with E-state index >= 15 is 0 Å². The molecule has 13 nitrogen and oxygen atoms in total. The van der Waals surface area contributed by atoms with Crippen molar-refractivity contribution in [2.24, 2.45) is 0 Å². The Morgan fingerprint density at radius 3 is 0.881 bits per heavy atom. The Labute approximate surface area is 405 Å². The lowest BCUT2D eigenvalue weighted by atomic mass is 9.95. The zero-order valence-corrected chi connectivity index (χ0v) is 42.0. The smallest absolute Gasteiger partial charge is 0.261 e. The van der Waals surface area contributed by atoms with Crippen molar-refractivity contribution in [3.05, 3.63) is 71.8 Å². The third kappa shape index (κ3) is 34.6. The predicted molar refractivity (Wildman–Crippen MR) is 264 cm³/mol. The SMILES string of the molecule is CCCCCCCCCCOCCOCCOCCOCCOCCOC(OCCOCCOCCOCCOCCOCCCCCCCCCC)(C(=O)c1ccccc1)c1ccccc1. The predicted octanol–water partition coefficient (Wildman–Crippen LogP) is 10.2. The molecule has 0 aliphatic heterocycles. The highest BCUT2D eigenvalue weighted by molar-refractivity contribution is 6.02. The average molecular weight is 949 g/mol. The number of rotatable bonds is 53. The molecule has 0 aliphatic carbocycles. The lowest BCUT2D eigenvalue weighted by Crippen LogP contribution is -2.43. The Morgan fingerprint density at radius 1 is 0.313 bits per heavy atom. The highest BCUT2D eigenvalue weighted by Gasteiger charge is 2.43. The van der Waals surface area contributed by atoms with Gasteiger partial charge >= 0.3 is 0 Å². The van der Waals surface area contributed by atoms with Crippen LogP contribution in [0, 0.1) is 0 Å². The van der Waals surface area contributed by atoms with Gasteiger partial charge in [-0.15, -0.1) is 0 Å². The first-order valence-electron chi connectivity index (χ1n) is 25.9. The molecule has 0 aromatic heterocycles. The van der Waals surface area contributed by atoms with E-state index in [0.717, 1.165) is 26.1 Å². The summed E-state index contributed by atoms with van der Waals surface area (Å²) >= 11 is 0. The third-order valence-corrected chi connectivity index (χ3v) is 10.8. The van der Waals surface area contributed by atoms with E-state index in [2.05, 4.69) is 13.8 Å². The Morgan fingerprint density at radius 2 is 0.567 bits per heavy atom. The molecule has 0 heterocycles. The lowest BCUT2D eigenvalue weighted by molar-refractivity contribution is -0.220. The molecule has 386 valence electrons. The molecule has 2 aromatic carbocycles. The fourth-order valence-corrected chi connectivity index (χ4v) is 7.04. The number of carbonyl (C=O) groups is 1. The van der Waals surface area contributed by atoms with Crippen molar-refractivity contribution in [2.45, 2.75) is 122 Å². The molecule has 2 aromatic rings. The van der Waals surface area contributed by atoms with Crippen LogP contribution in [0.5, 0.6) is 0 Å². The molecular formula is C54H92O13. The van der Waals surface area contributed by atoms with Gasteiger partial charge in [-0.1, -0.05) is 164 Å². The van der Waals surface area contributed by atoms with E-state index in [4.69, 9.17) is 56.8 Å². The highest BCUT2D eigenvalue weighted by Crippen LogP contribution is 2.32. The number of Topliss-reactive ketones (excluding diaryl/α,β-unsaturated/α-hetero) is 1. The van der Waals surface area contributed by atoms with Gasteiger partial charge in [-0.3, -0.25) is 4.79 Å². The second-order valence-electron chi connectivity index (χ2n) is 16.4. The molecule has 0 atom stereocenters. The summed E-state index contributed by atoms with van der Waals surface area (Å²) in [6.07, 6.45) is 20.8. The molecule has 2 rings (SSSR count). The average Bonchev–Trinajstić information content (AvgIpc) is 3.36. The van der Waals surface area contributed by atoms with Gasteiger partial charge in [0.05, 0.1) is 132 Å². The second-order valence-corrected chi connectivity index (χ2v) is 16.4. The molecule has 0 spiro atoms. The largest absolute Gasteiger partial charge is 0.379 e. The second kappa shape index (κ2) is 47.3. The van der Waals surface area contributed by atoms with Gasteiger partial charge in [-0.05, 0) is 12.8 Å². The van der Waals surface area contributed by atoms with Gasteiger partial charge in [0.25, 0.3) is 5.79 Å². The Bertz CT molecular complexity index is 1250. The van der Waals surface area contributed by atoms with Gasteiger partial charge in [0.2, 0.25) is 5.78 Å². The zero-order chi connectivity index (χ0) is 47.7. The monoisotopic (exact) mass is 949 g/mol. The standard InChI is InChI=1S/C54H92O13/c1-3-5-7-9-11-13-15-23-29-56-31-33-58-35-37-60-39-41-62-43-45-64-47-49-66-54(52-27-21-18-22-28-52,53(55)51-25-19-17-20-26-51)67-50-48-65-46-44-63-42-40-61-38-36-59-34-32-57-30-24-16-14-12-10-8-6-4-2/h17-22,25-28H,3-16,23-24,29-50H2,1-2H3. The Kier molecular flexibility index (Phi) is 42.9. The molecule has 13 heteroatoms. The summed E-state index contributed by atoms with van der Waals surface area (Å²) < 4.78 is 69.4. The molecule has 0 saturated heterocycles. The number of ketones is 1. The van der Waals surface area contributed by atoms with Crippen LogP contribution in [-0.2, 0) is 62.6 Å². The molecule has 0 radical (unpaired) electrons. The van der Waals surface area contributed by atoms with E-state index in [1.54, 1.807) is 12.1 Å². The van der Waals surface area contributed by atoms with E-state index in [1.165, 1.54) is 89.9 Å². The van der Waals surface area contributed by atoms with Crippen LogP contribution in [0.25, 0.3) is 0 Å². The highest BCUT2D eigenvalue weighted by atomic mass is 16.7. The van der Waals surface area contributed by atoms with Crippen LogP contribution in [0.3, 0.4) is 0 Å². The minimum atomic E-state index is -1.70. The topological polar surface area (TPSA) is 128 Å². The van der Waals surface area contributed by atoms with E-state index in [9.17, 15) is 4.79 Å². The van der Waals surface area contributed by atoms with Gasteiger partial charge in [-0.25, -0.2) is 0 Å². The van der Waals surface area contributed by atoms with Crippen molar-refractivity contribution in [3.8, 4) is 0 Å². The van der Waals surface area contributed by atoms with Crippen molar-refractivity contribution < 1.29 is 61.6 Å². The summed E-state index contributed by atoms with van der Waals surface area (Å²) in [4.78, 5) is 14.2. The Balaban J connectivity index is 1.53. The molecule has 0 saturated carbocycles. The van der Waals surface area contributed by atoms with E-state index in [1.807, 2.05) is 48.5 Å². The lowest BCUT2D eigenvalue weighted by Gasteiger charge is -2.33. The van der Waals surface area contributed by atoms with Gasteiger partial charge < -0.3 is 56.8 Å². The normalized spacial score (nSPS) is 11.8. The molecule has 0 aliphatic rings. The maximum atomic E-state index is 14.2. The fourth-order valence-electron chi connectivity index (χ4n) is 7.04. The molecule has 0 unspecified atom stereocenters. The molecule has 0 N–H and O–H groups in total. The van der Waals surface area contributed by atoms with Gasteiger partial charge in [0.1, 0.15) is 0 Å². The maximum Gasteiger partial charge on any atom is 0.261 e. The van der Waals surface area contributed by atoms with Gasteiger partial charge in [0, 0.05) is 24.3 Å². The number of hydrogen-bond acceptors (Lipinski definition) is 13. The minimum absolute atomic E-state index is 0.109. The number of carbonyl (C=O) groups excluding carboxylic acids is 1. The van der Waals surface area contributed by atoms with Gasteiger partial charge in [-0.2, -0.15) is 0 Å². The van der Waals surface area contributed by atoms with Crippen LogP contribution in [0.2, 0.25) is 0 Å². The van der Waals surface area contributed by atoms with Crippen LogP contribution < -0.4 is 0 Å². The summed E-state index contributed by atoms with van der Waals surface area (Å²) in [5.41, 5.74) is 1.05. The molecule has 0 fully saturated rings. The van der Waals surface area contributed by atoms with Crippen molar-refractivity contribution in [1.29, 1.82) is 0 Å². The first-order valence-corrected chi connectivity index (χ1v) is 25.9. The number of ether oxygens (including phenoxy) is 12. The molecular weight excluding hydrogens is 857 g/mol. The van der Waals surface area contributed by atoms with Crippen molar-refractivity contribution in [3.63, 3.8) is 0 Å². The van der Waals surface area contributed by atoms with E-state index < -0.39 is 5.79 Å². The third-order valence-electron chi connectivity index (χ3n) is 10.8. The summed E-state index contributed by atoms with van der Waals surface area (Å²) in [6, 6.07) is 18.3. The van der Waals surface area contributed by atoms with Crippen molar-refractivity contribution in [1.82, 2.24) is 0 Å². The maximum absolute atomic E-state index is 14.2. The number of benzene rings is 2. The van der Waals surface area contributed by atoms with Crippen LogP contribution in [0.1, 0.15) is 133 Å². The molecule has 67 heavy (non-hydrogen) atoms. The molecule has 0 bridgehead atoms. The number of unbranched alkanes of at least 4 members (excludes halogenated alkanes) is 14. The summed E-state index contributed by atoms with van der Waals surface area (Å²) in [5.74, 6) is -2.02. The first-order chi connectivity index (χ1) is 33.2. The van der Waals surface area contributed by atoms with E-state index in [0.29, 0.717) is 117 Å². The van der Waals surface area contributed by atoms with E-state index in [-0.39, 0.29) is 32.2 Å². The van der Waals surface area contributed by atoms with Crippen LogP contribution >= 0.6 is 0 Å². The first kappa shape index (κ1) is 60.8. The number of hydrogen-bond donors (Lipinski definition) is 0. The molecule has 0 amide bonds. The van der Waals surface area contributed by atoms with Crippen molar-refractivity contribution in [2.75, 3.05) is 145 Å². The van der Waals surface area contributed by atoms with Gasteiger partial charge in [0.15, 0.2) is 0 Å². The van der Waals surface area contributed by atoms with Crippen LogP contribution in [-0.4, -0.2) is 151 Å². The zero-order valence-electron chi connectivity index (χ0n) is 42.0. The minimum Gasteiger partial charge on any atom is -0.379 e.